The Balaban J connectivity index is 1.63. The number of nitrogens with one attached hydrogen (secondary N) is 1. The van der Waals surface area contributed by atoms with Crippen LogP contribution in [0, 0.1) is 11.8 Å². The number of carbonyl (C=O) groups is 1. The molecule has 0 aliphatic rings. The minimum Gasteiger partial charge on any atom is -0.350 e. The van der Waals surface area contributed by atoms with E-state index in [1.807, 2.05) is 17.1 Å². The summed E-state index contributed by atoms with van der Waals surface area (Å²) in [6.45, 7) is 3.41. The van der Waals surface area contributed by atoms with Crippen molar-refractivity contribution in [2.24, 2.45) is 0 Å². The van der Waals surface area contributed by atoms with Crippen LogP contribution >= 0.6 is 11.8 Å². The van der Waals surface area contributed by atoms with Crippen LogP contribution in [0.15, 0.2) is 23.7 Å². The molecule has 0 spiro atoms. The van der Waals surface area contributed by atoms with Gasteiger partial charge in [-0.1, -0.05) is 42.2 Å². The van der Waals surface area contributed by atoms with Gasteiger partial charge >= 0.3 is 0 Å². The lowest BCUT2D eigenvalue weighted by molar-refractivity contribution is -0.121. The third-order valence-corrected chi connectivity index (χ3v) is 4.12. The van der Waals surface area contributed by atoms with Gasteiger partial charge in [0, 0.05) is 31.8 Å². The molecule has 7 nitrogen and oxygen atoms in total. The van der Waals surface area contributed by atoms with Crippen LogP contribution in [-0.4, -0.2) is 37.1 Å². The Morgan fingerprint density at radius 2 is 2.12 bits per heavy atom. The molecule has 26 heavy (non-hydrogen) atoms. The van der Waals surface area contributed by atoms with Crippen LogP contribution in [0.25, 0.3) is 0 Å². The fraction of sp³-hybridized carbons (Fsp3) is 0.500. The molecule has 2 heterocycles. The lowest BCUT2D eigenvalue weighted by atomic mass is 10.2. The number of nitrogens with zero attached hydrogens (tertiary/aromatic N) is 5. The Morgan fingerprint density at radius 1 is 1.31 bits per heavy atom. The summed E-state index contributed by atoms with van der Waals surface area (Å²) >= 11 is 1.50. The van der Waals surface area contributed by atoms with Gasteiger partial charge in [0.25, 0.3) is 0 Å². The fourth-order valence-corrected chi connectivity index (χ4v) is 2.43. The highest BCUT2D eigenvalue weighted by molar-refractivity contribution is 7.98. The zero-order chi connectivity index (χ0) is 18.6. The molecular weight excluding hydrogens is 348 g/mol. The molecule has 138 valence electrons. The summed E-state index contributed by atoms with van der Waals surface area (Å²) in [6.07, 6.45) is 11.2. The Labute approximate surface area is 158 Å². The number of thioether (sulfide) groups is 1. The van der Waals surface area contributed by atoms with E-state index < -0.39 is 0 Å². The van der Waals surface area contributed by atoms with Gasteiger partial charge in [-0.2, -0.15) is 0 Å². The summed E-state index contributed by atoms with van der Waals surface area (Å²) in [5, 5.41) is 11.7. The minimum atomic E-state index is 0.00238. The van der Waals surface area contributed by atoms with Gasteiger partial charge in [-0.25, -0.2) is 9.97 Å². The van der Waals surface area contributed by atoms with Crippen molar-refractivity contribution in [2.45, 2.75) is 57.3 Å². The molecule has 1 N–H and O–H groups in total. The van der Waals surface area contributed by atoms with Crippen LogP contribution in [0.2, 0.25) is 0 Å². The number of carbonyl (C=O) groups excluding carboxylic acids is 1. The normalized spacial score (nSPS) is 10.2. The summed E-state index contributed by atoms with van der Waals surface area (Å²) in [7, 11) is 0. The van der Waals surface area contributed by atoms with Gasteiger partial charge in [0.2, 0.25) is 5.91 Å². The van der Waals surface area contributed by atoms with Crippen molar-refractivity contribution in [3.05, 3.63) is 29.8 Å². The Kier molecular flexibility index (Phi) is 8.63. The summed E-state index contributed by atoms with van der Waals surface area (Å²) in [5.41, 5.74) is 1.57. The molecular formula is C18H24N6OS. The van der Waals surface area contributed by atoms with Gasteiger partial charge in [0.05, 0.1) is 18.3 Å². The summed E-state index contributed by atoms with van der Waals surface area (Å²) in [5.74, 6) is 6.06. The van der Waals surface area contributed by atoms with Crippen LogP contribution in [0.3, 0.4) is 0 Å². The highest BCUT2D eigenvalue weighted by Gasteiger charge is 2.04. The van der Waals surface area contributed by atoms with E-state index in [9.17, 15) is 4.79 Å². The van der Waals surface area contributed by atoms with Crippen LogP contribution in [0.5, 0.6) is 0 Å². The van der Waals surface area contributed by atoms with Crippen molar-refractivity contribution in [1.29, 1.82) is 0 Å². The van der Waals surface area contributed by atoms with Crippen LogP contribution in [0.4, 0.5) is 0 Å². The summed E-state index contributed by atoms with van der Waals surface area (Å²) < 4.78 is 1.82. The van der Waals surface area contributed by atoms with E-state index in [4.69, 9.17) is 0 Å². The van der Waals surface area contributed by atoms with Crippen molar-refractivity contribution in [3.8, 4) is 11.8 Å². The smallest absolute Gasteiger partial charge is 0.220 e. The Morgan fingerprint density at radius 3 is 2.85 bits per heavy atom. The topological polar surface area (TPSA) is 85.6 Å². The maximum Gasteiger partial charge on any atom is 0.220 e. The van der Waals surface area contributed by atoms with E-state index in [0.717, 1.165) is 35.8 Å². The molecule has 0 radical (unpaired) electrons. The molecule has 8 heteroatoms. The largest absolute Gasteiger partial charge is 0.350 e. The molecule has 0 saturated heterocycles. The lowest BCUT2D eigenvalue weighted by Crippen LogP contribution is -2.22. The first-order chi connectivity index (χ1) is 12.7. The van der Waals surface area contributed by atoms with Crippen molar-refractivity contribution in [3.63, 3.8) is 0 Å². The van der Waals surface area contributed by atoms with Crippen molar-refractivity contribution in [2.75, 3.05) is 6.26 Å². The molecule has 2 rings (SSSR count). The van der Waals surface area contributed by atoms with Crippen molar-refractivity contribution < 1.29 is 4.79 Å². The number of hydrogen-bond acceptors (Lipinski definition) is 6. The number of hydrogen-bond donors (Lipinski definition) is 1. The van der Waals surface area contributed by atoms with Gasteiger partial charge in [0.1, 0.15) is 5.69 Å². The molecule has 0 atom stereocenters. The Bertz CT molecular complexity index is 747. The summed E-state index contributed by atoms with van der Waals surface area (Å²) in [4.78, 5) is 20.2. The van der Waals surface area contributed by atoms with E-state index in [-0.39, 0.29) is 5.91 Å². The molecule has 2 aromatic heterocycles. The maximum atomic E-state index is 11.9. The molecule has 2 aromatic rings. The maximum absolute atomic E-state index is 11.9. The predicted molar refractivity (Wildman–Crippen MR) is 101 cm³/mol. The number of unbranched alkanes of at least 4 members (excludes halogenated alkanes) is 2. The lowest BCUT2D eigenvalue weighted by Gasteiger charge is -2.01. The van der Waals surface area contributed by atoms with Crippen molar-refractivity contribution in [1.82, 2.24) is 30.3 Å². The minimum absolute atomic E-state index is 0.00238. The molecule has 0 fully saturated rings. The first-order valence-corrected chi connectivity index (χ1v) is 9.94. The molecule has 1 amide bonds. The van der Waals surface area contributed by atoms with E-state index >= 15 is 0 Å². The molecule has 0 bridgehead atoms. The zero-order valence-corrected chi connectivity index (χ0v) is 16.1. The van der Waals surface area contributed by atoms with E-state index in [1.54, 1.807) is 12.4 Å². The third-order valence-electron chi connectivity index (χ3n) is 3.54. The molecule has 0 aliphatic heterocycles. The third kappa shape index (κ3) is 7.23. The number of rotatable bonds is 9. The predicted octanol–water partition coefficient (Wildman–Crippen LogP) is 2.43. The zero-order valence-electron chi connectivity index (χ0n) is 15.2. The van der Waals surface area contributed by atoms with Crippen LogP contribution in [0.1, 0.15) is 50.3 Å². The van der Waals surface area contributed by atoms with E-state index in [0.29, 0.717) is 25.8 Å². The van der Waals surface area contributed by atoms with E-state index in [2.05, 4.69) is 44.4 Å². The first-order valence-electron chi connectivity index (χ1n) is 8.72. The average molecular weight is 372 g/mol. The second-order valence-corrected chi connectivity index (χ2v) is 6.49. The highest BCUT2D eigenvalue weighted by atomic mass is 32.2. The monoisotopic (exact) mass is 372 g/mol. The van der Waals surface area contributed by atoms with E-state index in [1.165, 1.54) is 11.8 Å². The molecule has 0 saturated carbocycles. The van der Waals surface area contributed by atoms with Gasteiger partial charge < -0.3 is 5.32 Å². The molecule has 0 aliphatic carbocycles. The fourth-order valence-electron chi connectivity index (χ4n) is 2.11. The SMILES string of the molecule is CCCCn1cc(CNC(=O)CCCC#Cc2cnc(SC)nc2)nn1. The highest BCUT2D eigenvalue weighted by Crippen LogP contribution is 2.06. The quantitative estimate of drug-likeness (QED) is 0.315. The number of aromatic nitrogens is 5. The molecule has 0 aromatic carbocycles. The van der Waals surface area contributed by atoms with Crippen molar-refractivity contribution >= 4 is 17.7 Å². The first kappa shape index (κ1) is 19.9. The Hall–Kier alpha value is -2.40. The van der Waals surface area contributed by atoms with Gasteiger partial charge in [-0.3, -0.25) is 9.48 Å². The second-order valence-electron chi connectivity index (χ2n) is 5.72. The number of aryl methyl sites for hydroxylation is 1. The number of amides is 1. The van der Waals surface area contributed by atoms with Gasteiger partial charge in [0.15, 0.2) is 5.16 Å². The van der Waals surface area contributed by atoms with Gasteiger partial charge in [-0.15, -0.1) is 5.10 Å². The molecule has 0 unspecified atom stereocenters. The standard InChI is InChI=1S/C18H24N6OS/c1-3-4-10-24-14-16(22-23-24)13-19-17(25)9-7-5-6-8-15-11-20-18(26-2)21-12-15/h11-12,14H,3-5,7,9-10,13H2,1-2H3,(H,19,25). The average Bonchev–Trinajstić information content (AvgIpc) is 3.13. The van der Waals surface area contributed by atoms with Crippen LogP contribution < -0.4 is 5.32 Å². The van der Waals surface area contributed by atoms with Gasteiger partial charge in [-0.05, 0) is 19.1 Å². The van der Waals surface area contributed by atoms with Crippen LogP contribution in [-0.2, 0) is 17.9 Å². The second kappa shape index (κ2) is 11.3. The summed E-state index contributed by atoms with van der Waals surface area (Å²) in [6, 6.07) is 0.